The Morgan fingerprint density at radius 3 is 1.67 bits per heavy atom. The third-order valence-electron chi connectivity index (χ3n) is 6.97. The fraction of sp³-hybridized carbons (Fsp3) is 0.250. The molecule has 9 heteroatoms. The fourth-order valence-corrected chi connectivity index (χ4v) is 4.51. The summed E-state index contributed by atoms with van der Waals surface area (Å²) in [5, 5.41) is 15.2. The number of benzene rings is 4. The highest BCUT2D eigenvalue weighted by molar-refractivity contribution is 5.89. The van der Waals surface area contributed by atoms with Gasteiger partial charge in [0.2, 0.25) is 5.91 Å². The first kappa shape index (κ1) is 32.6. The minimum atomic E-state index is -1.26. The van der Waals surface area contributed by atoms with E-state index in [-0.39, 0.29) is 25.6 Å². The van der Waals surface area contributed by atoms with Crippen molar-refractivity contribution in [3.63, 3.8) is 0 Å². The minimum Gasteiger partial charge on any atom is -0.485 e. The van der Waals surface area contributed by atoms with Crippen molar-refractivity contribution in [3.05, 3.63) is 131 Å². The van der Waals surface area contributed by atoms with Crippen molar-refractivity contribution in [2.45, 2.75) is 52.2 Å². The van der Waals surface area contributed by atoms with Crippen LogP contribution in [0.4, 0.5) is 4.79 Å². The summed E-state index contributed by atoms with van der Waals surface area (Å²) in [6, 6.07) is 31.5. The molecule has 3 N–H and O–H groups in total. The topological polar surface area (TPSA) is 123 Å². The van der Waals surface area contributed by atoms with E-state index in [1.165, 1.54) is 0 Å². The quantitative estimate of drug-likeness (QED) is 0.153. The average Bonchev–Trinajstić information content (AvgIpc) is 3.05. The molecule has 2 atom stereocenters. The summed E-state index contributed by atoms with van der Waals surface area (Å²) < 4.78 is 17.4. The van der Waals surface area contributed by atoms with E-state index in [1.54, 1.807) is 32.0 Å². The summed E-state index contributed by atoms with van der Waals surface area (Å²) in [7, 11) is 0. The van der Waals surface area contributed by atoms with Crippen LogP contribution in [0.15, 0.2) is 109 Å². The summed E-state index contributed by atoms with van der Waals surface area (Å²) in [5.41, 5.74) is 3.37. The Bertz CT molecular complexity index is 1530. The van der Waals surface area contributed by atoms with Gasteiger partial charge < -0.3 is 30.0 Å². The van der Waals surface area contributed by atoms with Crippen molar-refractivity contribution >= 4 is 18.0 Å². The fourth-order valence-electron chi connectivity index (χ4n) is 4.51. The number of nitrogens with one attached hydrogen (secondary N) is 2. The highest BCUT2D eigenvalue weighted by Gasteiger charge is 2.29. The number of rotatable bonds is 15. The first-order chi connectivity index (χ1) is 21.8. The first-order valence-corrected chi connectivity index (χ1v) is 14.7. The summed E-state index contributed by atoms with van der Waals surface area (Å²) >= 11 is 0. The number of amides is 2. The molecule has 0 saturated heterocycles. The Balaban J connectivity index is 1.44. The molecule has 4 aromatic carbocycles. The van der Waals surface area contributed by atoms with Gasteiger partial charge in [-0.2, -0.15) is 0 Å². The largest absolute Gasteiger partial charge is 0.485 e. The molecular formula is C36H38N2O7. The van der Waals surface area contributed by atoms with Gasteiger partial charge in [-0.15, -0.1) is 0 Å². The highest BCUT2D eigenvalue weighted by Crippen LogP contribution is 2.31. The molecule has 0 aliphatic rings. The highest BCUT2D eigenvalue weighted by atomic mass is 16.5. The van der Waals surface area contributed by atoms with Gasteiger partial charge in [0.05, 0.1) is 0 Å². The predicted molar refractivity (Wildman–Crippen MR) is 170 cm³/mol. The summed E-state index contributed by atoms with van der Waals surface area (Å²) in [5.74, 6) is -1.22. The van der Waals surface area contributed by atoms with Gasteiger partial charge in [-0.3, -0.25) is 4.79 Å². The molecule has 0 spiro atoms. The second kappa shape index (κ2) is 16.5. The Morgan fingerprint density at radius 1 is 0.644 bits per heavy atom. The number of aliphatic carboxylic acids is 1. The molecule has 2 amide bonds. The molecule has 0 radical (unpaired) electrons. The number of carbonyl (C=O) groups is 3. The lowest BCUT2D eigenvalue weighted by atomic mass is 10.0. The van der Waals surface area contributed by atoms with E-state index in [2.05, 4.69) is 10.6 Å². The Kier molecular flexibility index (Phi) is 12.0. The van der Waals surface area contributed by atoms with Crippen LogP contribution in [0, 0.1) is 5.92 Å². The molecule has 9 nitrogen and oxygen atoms in total. The maximum absolute atomic E-state index is 13.2. The molecule has 4 rings (SSSR count). The van der Waals surface area contributed by atoms with Crippen molar-refractivity contribution < 1.29 is 33.7 Å². The average molecular weight is 611 g/mol. The lowest BCUT2D eigenvalue weighted by Crippen LogP contribution is -2.54. The monoisotopic (exact) mass is 610 g/mol. The van der Waals surface area contributed by atoms with Gasteiger partial charge in [-0.25, -0.2) is 9.59 Å². The third kappa shape index (κ3) is 10.4. The van der Waals surface area contributed by atoms with E-state index >= 15 is 0 Å². The van der Waals surface area contributed by atoms with Gasteiger partial charge in [0.25, 0.3) is 0 Å². The van der Waals surface area contributed by atoms with E-state index in [0.717, 1.165) is 16.7 Å². The molecule has 45 heavy (non-hydrogen) atoms. The number of carboxylic acids is 1. The molecule has 234 valence electrons. The molecule has 0 aliphatic heterocycles. The number of hydrogen-bond acceptors (Lipinski definition) is 6. The van der Waals surface area contributed by atoms with Crippen molar-refractivity contribution in [1.29, 1.82) is 0 Å². The van der Waals surface area contributed by atoms with E-state index < -0.39 is 30.1 Å². The second-order valence-corrected chi connectivity index (χ2v) is 10.9. The molecule has 0 aromatic heterocycles. The maximum atomic E-state index is 13.2. The second-order valence-electron chi connectivity index (χ2n) is 10.9. The Labute approximate surface area is 263 Å². The number of hydrogen-bond donors (Lipinski definition) is 3. The summed E-state index contributed by atoms with van der Waals surface area (Å²) in [6.07, 6.45) is -0.795. The standard InChI is InChI=1S/C36H38N2O7/c1-25(2)33(38-36(42)45-24-28-16-10-5-11-17-28)34(39)37-30(35(40)41)20-29-18-19-31(43-22-26-12-6-3-7-13-26)32(21-29)44-23-27-14-8-4-9-15-27/h3-19,21,25,30,33H,20,22-24H2,1-2H3,(H,37,39)(H,38,42)(H,40,41)/t30-,33-/m1/s1. The summed E-state index contributed by atoms with van der Waals surface area (Å²) in [4.78, 5) is 37.9. The van der Waals surface area contributed by atoms with Crippen LogP contribution < -0.4 is 20.1 Å². The third-order valence-corrected chi connectivity index (χ3v) is 6.97. The smallest absolute Gasteiger partial charge is 0.408 e. The van der Waals surface area contributed by atoms with Crippen molar-refractivity contribution in [2.24, 2.45) is 5.92 Å². The lowest BCUT2D eigenvalue weighted by Gasteiger charge is -2.24. The van der Waals surface area contributed by atoms with E-state index in [4.69, 9.17) is 14.2 Å². The van der Waals surface area contributed by atoms with Crippen LogP contribution in [-0.4, -0.2) is 35.2 Å². The zero-order valence-electron chi connectivity index (χ0n) is 25.3. The molecule has 4 aromatic rings. The maximum Gasteiger partial charge on any atom is 0.408 e. The lowest BCUT2D eigenvalue weighted by molar-refractivity contribution is -0.142. The van der Waals surface area contributed by atoms with E-state index in [9.17, 15) is 19.5 Å². The molecule has 0 heterocycles. The summed E-state index contributed by atoms with van der Waals surface area (Å²) in [6.45, 7) is 4.15. The number of alkyl carbamates (subject to hydrolysis) is 1. The molecule has 0 fully saturated rings. The Hall–Kier alpha value is -5.31. The van der Waals surface area contributed by atoms with Gasteiger partial charge in [0.15, 0.2) is 11.5 Å². The van der Waals surface area contributed by atoms with Gasteiger partial charge in [-0.05, 0) is 40.3 Å². The van der Waals surface area contributed by atoms with Crippen LogP contribution in [0.5, 0.6) is 11.5 Å². The molecule has 0 bridgehead atoms. The first-order valence-electron chi connectivity index (χ1n) is 14.7. The molecular weight excluding hydrogens is 572 g/mol. The van der Waals surface area contributed by atoms with Gasteiger partial charge in [-0.1, -0.05) is 111 Å². The van der Waals surface area contributed by atoms with Crippen LogP contribution in [0.2, 0.25) is 0 Å². The molecule has 0 saturated carbocycles. The van der Waals surface area contributed by atoms with Gasteiger partial charge in [0.1, 0.15) is 31.9 Å². The van der Waals surface area contributed by atoms with Crippen molar-refractivity contribution in [1.82, 2.24) is 10.6 Å². The van der Waals surface area contributed by atoms with Crippen molar-refractivity contribution in [2.75, 3.05) is 0 Å². The SMILES string of the molecule is CC(C)[C@@H](NC(=O)OCc1ccccc1)C(=O)N[C@H](Cc1ccc(OCc2ccccc2)c(OCc2ccccc2)c1)C(=O)O. The van der Waals surface area contributed by atoms with Crippen LogP contribution >= 0.6 is 0 Å². The Morgan fingerprint density at radius 2 is 1.16 bits per heavy atom. The van der Waals surface area contributed by atoms with Crippen LogP contribution in [0.25, 0.3) is 0 Å². The molecule has 0 unspecified atom stereocenters. The predicted octanol–water partition coefficient (Wildman–Crippen LogP) is 5.91. The van der Waals surface area contributed by atoms with Crippen LogP contribution in [0.1, 0.15) is 36.1 Å². The van der Waals surface area contributed by atoms with Gasteiger partial charge >= 0.3 is 12.1 Å². The van der Waals surface area contributed by atoms with E-state index in [0.29, 0.717) is 23.7 Å². The minimum absolute atomic E-state index is 0.0228. The number of ether oxygens (including phenoxy) is 3. The number of carbonyl (C=O) groups excluding carboxylic acids is 2. The van der Waals surface area contributed by atoms with Crippen LogP contribution in [0.3, 0.4) is 0 Å². The number of carboxylic acid groups (broad SMARTS) is 1. The zero-order valence-corrected chi connectivity index (χ0v) is 25.3. The molecule has 0 aliphatic carbocycles. The zero-order chi connectivity index (χ0) is 32.0. The van der Waals surface area contributed by atoms with E-state index in [1.807, 2.05) is 91.0 Å². The van der Waals surface area contributed by atoms with Crippen LogP contribution in [-0.2, 0) is 40.6 Å². The normalized spacial score (nSPS) is 12.1. The van der Waals surface area contributed by atoms with Gasteiger partial charge in [0, 0.05) is 6.42 Å². The van der Waals surface area contributed by atoms with Crippen molar-refractivity contribution in [3.8, 4) is 11.5 Å².